The van der Waals surface area contributed by atoms with Crippen LogP contribution in [-0.2, 0) is 4.79 Å². The molecule has 0 aromatic heterocycles. The maximum Gasteiger partial charge on any atom is 0.231 e. The van der Waals surface area contributed by atoms with Gasteiger partial charge in [-0.3, -0.25) is 4.79 Å². The Morgan fingerprint density at radius 2 is 2.33 bits per heavy atom. The summed E-state index contributed by atoms with van der Waals surface area (Å²) in [6.45, 7) is 1.92. The number of hydrogen-bond donors (Lipinski definition) is 2. The van der Waals surface area contributed by atoms with E-state index in [1.165, 1.54) is 0 Å². The second-order valence-electron chi connectivity index (χ2n) is 4.99. The third kappa shape index (κ3) is 2.56. The van der Waals surface area contributed by atoms with E-state index in [4.69, 9.17) is 17.3 Å². The summed E-state index contributed by atoms with van der Waals surface area (Å²) < 4.78 is 0.884. The molecule has 0 spiro atoms. The molecule has 1 aliphatic rings. The summed E-state index contributed by atoms with van der Waals surface area (Å²) in [6, 6.07) is 5.31. The summed E-state index contributed by atoms with van der Waals surface area (Å²) in [5.41, 5.74) is 6.17. The Labute approximate surface area is 120 Å². The van der Waals surface area contributed by atoms with Crippen LogP contribution in [0.25, 0.3) is 0 Å². The van der Waals surface area contributed by atoms with Gasteiger partial charge in [-0.15, -0.1) is 0 Å². The molecule has 3 N–H and O–H groups in total. The van der Waals surface area contributed by atoms with E-state index < -0.39 is 5.41 Å². The van der Waals surface area contributed by atoms with Crippen LogP contribution in [0.3, 0.4) is 0 Å². The molecule has 0 heterocycles. The molecule has 1 amide bonds. The van der Waals surface area contributed by atoms with E-state index in [1.54, 1.807) is 12.1 Å². The molecule has 1 saturated carbocycles. The molecular formula is C13H16BrClN2O. The molecule has 5 heteroatoms. The number of nitrogens with one attached hydrogen (secondary N) is 1. The molecule has 1 aromatic carbocycles. The lowest BCUT2D eigenvalue weighted by Crippen LogP contribution is -2.44. The van der Waals surface area contributed by atoms with Gasteiger partial charge in [-0.05, 0) is 38.0 Å². The first-order valence-electron chi connectivity index (χ1n) is 5.95. The summed E-state index contributed by atoms with van der Waals surface area (Å²) in [6.07, 6.45) is 2.73. The van der Waals surface area contributed by atoms with Crippen molar-refractivity contribution in [1.82, 2.24) is 0 Å². The zero-order chi connectivity index (χ0) is 13.3. The van der Waals surface area contributed by atoms with Crippen molar-refractivity contribution in [3.8, 4) is 0 Å². The van der Waals surface area contributed by atoms with E-state index in [1.807, 2.05) is 13.0 Å². The lowest BCUT2D eigenvalue weighted by atomic mass is 9.84. The first-order chi connectivity index (χ1) is 8.43. The van der Waals surface area contributed by atoms with Gasteiger partial charge < -0.3 is 11.1 Å². The Balaban J connectivity index is 2.16. The van der Waals surface area contributed by atoms with Crippen molar-refractivity contribution < 1.29 is 4.79 Å². The molecule has 98 valence electrons. The number of halogens is 2. The molecule has 0 saturated heterocycles. The van der Waals surface area contributed by atoms with Crippen molar-refractivity contribution >= 4 is 39.1 Å². The van der Waals surface area contributed by atoms with E-state index >= 15 is 0 Å². The van der Waals surface area contributed by atoms with E-state index in [0.717, 1.165) is 23.7 Å². The largest absolute Gasteiger partial charge is 0.327 e. The fourth-order valence-electron chi connectivity index (χ4n) is 2.33. The molecule has 2 unspecified atom stereocenters. The van der Waals surface area contributed by atoms with E-state index in [9.17, 15) is 4.79 Å². The SMILES string of the molecule is CC1(C(=O)Nc2ccc(Br)cc2Cl)CCCC1N. The summed E-state index contributed by atoms with van der Waals surface area (Å²) in [4.78, 5) is 12.3. The Hall–Kier alpha value is -0.580. The topological polar surface area (TPSA) is 55.1 Å². The van der Waals surface area contributed by atoms with Gasteiger partial charge in [0, 0.05) is 10.5 Å². The number of benzene rings is 1. The highest BCUT2D eigenvalue weighted by Crippen LogP contribution is 2.38. The van der Waals surface area contributed by atoms with E-state index in [2.05, 4.69) is 21.2 Å². The molecule has 3 nitrogen and oxygen atoms in total. The maximum absolute atomic E-state index is 12.3. The lowest BCUT2D eigenvalue weighted by Gasteiger charge is -2.27. The van der Waals surface area contributed by atoms with Crippen LogP contribution >= 0.6 is 27.5 Å². The van der Waals surface area contributed by atoms with Gasteiger partial charge >= 0.3 is 0 Å². The molecule has 0 bridgehead atoms. The van der Waals surface area contributed by atoms with Crippen LogP contribution in [-0.4, -0.2) is 11.9 Å². The van der Waals surface area contributed by atoms with E-state index in [0.29, 0.717) is 10.7 Å². The maximum atomic E-state index is 12.3. The van der Waals surface area contributed by atoms with Crippen molar-refractivity contribution in [3.63, 3.8) is 0 Å². The Morgan fingerprint density at radius 3 is 2.89 bits per heavy atom. The average molecular weight is 332 g/mol. The fraction of sp³-hybridized carbons (Fsp3) is 0.462. The van der Waals surface area contributed by atoms with Gasteiger partial charge in [0.15, 0.2) is 0 Å². The molecule has 18 heavy (non-hydrogen) atoms. The smallest absolute Gasteiger partial charge is 0.231 e. The Kier molecular flexibility index (Phi) is 3.99. The van der Waals surface area contributed by atoms with Gasteiger partial charge in [-0.1, -0.05) is 34.0 Å². The third-order valence-electron chi connectivity index (χ3n) is 3.73. The Morgan fingerprint density at radius 1 is 1.61 bits per heavy atom. The highest BCUT2D eigenvalue weighted by molar-refractivity contribution is 9.10. The molecule has 0 aliphatic heterocycles. The van der Waals surface area contributed by atoms with Crippen molar-refractivity contribution in [2.75, 3.05) is 5.32 Å². The molecule has 1 aliphatic carbocycles. The zero-order valence-corrected chi connectivity index (χ0v) is 12.5. The molecule has 1 fully saturated rings. The second-order valence-corrected chi connectivity index (χ2v) is 6.32. The zero-order valence-electron chi connectivity index (χ0n) is 10.2. The molecule has 2 rings (SSSR count). The van der Waals surface area contributed by atoms with Crippen LogP contribution < -0.4 is 11.1 Å². The Bertz CT molecular complexity index is 480. The van der Waals surface area contributed by atoms with Crippen molar-refractivity contribution in [2.45, 2.75) is 32.2 Å². The number of nitrogens with two attached hydrogens (primary N) is 1. The predicted molar refractivity (Wildman–Crippen MR) is 77.7 cm³/mol. The second kappa shape index (κ2) is 5.19. The minimum absolute atomic E-state index is 0.0447. The minimum atomic E-state index is -0.490. The first kappa shape index (κ1) is 13.8. The lowest BCUT2D eigenvalue weighted by molar-refractivity contribution is -0.125. The molecule has 1 aromatic rings. The number of hydrogen-bond acceptors (Lipinski definition) is 2. The number of anilines is 1. The number of rotatable bonds is 2. The van der Waals surface area contributed by atoms with Gasteiger partial charge in [0.2, 0.25) is 5.91 Å². The highest BCUT2D eigenvalue weighted by Gasteiger charge is 2.43. The third-order valence-corrected chi connectivity index (χ3v) is 4.53. The summed E-state index contributed by atoms with van der Waals surface area (Å²) in [7, 11) is 0. The van der Waals surface area contributed by atoms with Crippen LogP contribution in [0.4, 0.5) is 5.69 Å². The fourth-order valence-corrected chi connectivity index (χ4v) is 3.05. The standard InChI is InChI=1S/C13H16BrClN2O/c1-13(6-2-3-11(13)16)12(18)17-10-5-4-8(14)7-9(10)15/h4-5,7,11H,2-3,6,16H2,1H3,(H,17,18). The van der Waals surface area contributed by atoms with Crippen LogP contribution in [0.1, 0.15) is 26.2 Å². The van der Waals surface area contributed by atoms with Gasteiger partial charge in [0.25, 0.3) is 0 Å². The summed E-state index contributed by atoms with van der Waals surface area (Å²) in [5, 5.41) is 3.40. The number of carbonyl (C=O) groups excluding carboxylic acids is 1. The average Bonchev–Trinajstić information content (AvgIpc) is 2.64. The van der Waals surface area contributed by atoms with Crippen LogP contribution in [0.15, 0.2) is 22.7 Å². The van der Waals surface area contributed by atoms with Crippen LogP contribution in [0.5, 0.6) is 0 Å². The monoisotopic (exact) mass is 330 g/mol. The first-order valence-corrected chi connectivity index (χ1v) is 7.12. The minimum Gasteiger partial charge on any atom is -0.327 e. The van der Waals surface area contributed by atoms with Crippen molar-refractivity contribution in [1.29, 1.82) is 0 Å². The summed E-state index contributed by atoms with van der Waals surface area (Å²) in [5.74, 6) is -0.0447. The predicted octanol–water partition coefficient (Wildman–Crippen LogP) is 3.56. The van der Waals surface area contributed by atoms with E-state index in [-0.39, 0.29) is 11.9 Å². The molecular weight excluding hydrogens is 316 g/mol. The van der Waals surface area contributed by atoms with Gasteiger partial charge in [0.05, 0.1) is 16.1 Å². The number of amides is 1. The van der Waals surface area contributed by atoms with Crippen molar-refractivity contribution in [3.05, 3.63) is 27.7 Å². The van der Waals surface area contributed by atoms with Gasteiger partial charge in [-0.25, -0.2) is 0 Å². The highest BCUT2D eigenvalue weighted by atomic mass is 79.9. The van der Waals surface area contributed by atoms with Crippen LogP contribution in [0.2, 0.25) is 5.02 Å². The normalized spacial score (nSPS) is 27.2. The molecule has 0 radical (unpaired) electrons. The van der Waals surface area contributed by atoms with Crippen LogP contribution in [0, 0.1) is 5.41 Å². The van der Waals surface area contributed by atoms with Crippen molar-refractivity contribution in [2.24, 2.45) is 11.1 Å². The van der Waals surface area contributed by atoms with Gasteiger partial charge in [-0.2, -0.15) is 0 Å². The quantitative estimate of drug-likeness (QED) is 0.870. The molecule has 2 atom stereocenters. The van der Waals surface area contributed by atoms with Gasteiger partial charge in [0.1, 0.15) is 0 Å². The number of carbonyl (C=O) groups is 1. The summed E-state index contributed by atoms with van der Waals surface area (Å²) >= 11 is 9.42.